The fourth-order valence-electron chi connectivity index (χ4n) is 0.342. The van der Waals surface area contributed by atoms with Gasteiger partial charge >= 0.3 is 18.6 Å². The summed E-state index contributed by atoms with van der Waals surface area (Å²) in [5.74, 6) is 0. The van der Waals surface area contributed by atoms with E-state index in [0.717, 1.165) is 0 Å². The van der Waals surface area contributed by atoms with E-state index in [0.29, 0.717) is 0 Å². The summed E-state index contributed by atoms with van der Waals surface area (Å²) < 4.78 is 0. The fourth-order valence-corrected chi connectivity index (χ4v) is 0.342. The number of rotatable bonds is 0. The Morgan fingerprint density at radius 2 is 1.10 bits per heavy atom. The van der Waals surface area contributed by atoms with Crippen LogP contribution in [0, 0.1) is 6.07 Å². The minimum atomic E-state index is 0. The molecule has 0 aliphatic rings. The summed E-state index contributed by atoms with van der Waals surface area (Å²) in [4.78, 5) is 0. The molecule has 55 valence electrons. The van der Waals surface area contributed by atoms with E-state index in [2.05, 4.69) is 6.07 Å². The third-order valence-electron chi connectivity index (χ3n) is 0.607. The summed E-state index contributed by atoms with van der Waals surface area (Å²) in [6, 6.07) is 12.5. The number of halogens is 3. The van der Waals surface area contributed by atoms with Crippen LogP contribution in [0.4, 0.5) is 0 Å². The molecule has 0 aliphatic heterocycles. The quantitative estimate of drug-likeness (QED) is 0.391. The van der Waals surface area contributed by atoms with Gasteiger partial charge in [0.15, 0.2) is 0 Å². The van der Waals surface area contributed by atoms with Gasteiger partial charge in [-0.2, -0.15) is 36.4 Å². The molecule has 0 N–H and O–H groups in total. The van der Waals surface area contributed by atoms with Crippen molar-refractivity contribution in [3.8, 4) is 0 Å². The first-order valence-corrected chi connectivity index (χ1v) is 1.91. The van der Waals surface area contributed by atoms with Gasteiger partial charge in [-0.1, -0.05) is 0 Å². The van der Waals surface area contributed by atoms with E-state index in [1.807, 2.05) is 30.3 Å². The standard InChI is InChI=1S/C6H5.3ClH.V/c1-2-4-6-5-3-1;;;;/h1-5H;3*1H;/q-1;;;;+4/p-3. The molecule has 0 saturated heterocycles. The summed E-state index contributed by atoms with van der Waals surface area (Å²) >= 11 is 0. The fraction of sp³-hybridized carbons (Fsp3) is 0. The Morgan fingerprint density at radius 1 is 0.700 bits per heavy atom. The van der Waals surface area contributed by atoms with Crippen molar-refractivity contribution in [2.75, 3.05) is 0 Å². The number of hydrogen-bond donors (Lipinski definition) is 0. The second-order valence-corrected chi connectivity index (χ2v) is 1.08. The van der Waals surface area contributed by atoms with Crippen LogP contribution in [0.15, 0.2) is 30.3 Å². The molecule has 0 unspecified atom stereocenters. The van der Waals surface area contributed by atoms with E-state index < -0.39 is 0 Å². The summed E-state index contributed by atoms with van der Waals surface area (Å²) in [6.45, 7) is 0. The van der Waals surface area contributed by atoms with Crippen molar-refractivity contribution in [2.45, 2.75) is 0 Å². The van der Waals surface area contributed by atoms with Crippen LogP contribution >= 0.6 is 0 Å². The number of hydrogen-bond acceptors (Lipinski definition) is 0. The Hall–Kier alpha value is 0.674. The molecule has 1 aromatic rings. The van der Waals surface area contributed by atoms with E-state index >= 15 is 0 Å². The van der Waals surface area contributed by atoms with Crippen molar-refractivity contribution in [1.29, 1.82) is 0 Å². The molecule has 0 amide bonds. The normalized spacial score (nSPS) is 4.80. The van der Waals surface area contributed by atoms with Crippen LogP contribution in [0.2, 0.25) is 0 Å². The van der Waals surface area contributed by atoms with Crippen molar-refractivity contribution in [3.63, 3.8) is 0 Å². The smallest absolute Gasteiger partial charge is 1.00 e. The molecule has 0 fully saturated rings. The van der Waals surface area contributed by atoms with Crippen molar-refractivity contribution in [2.24, 2.45) is 0 Å². The zero-order chi connectivity index (χ0) is 4.24. The molecule has 1 rings (SSSR count). The molecule has 10 heavy (non-hydrogen) atoms. The monoisotopic (exact) mass is 233 g/mol. The predicted octanol–water partition coefficient (Wildman–Crippen LogP) is -7.50. The zero-order valence-electron chi connectivity index (χ0n) is 4.97. The van der Waals surface area contributed by atoms with Crippen molar-refractivity contribution in [3.05, 3.63) is 36.4 Å². The topological polar surface area (TPSA) is 0 Å². The molecular formula is C6H5Cl3V. The summed E-state index contributed by atoms with van der Waals surface area (Å²) in [5.41, 5.74) is 0. The van der Waals surface area contributed by atoms with Gasteiger partial charge in [-0.15, -0.1) is 0 Å². The van der Waals surface area contributed by atoms with Gasteiger partial charge in [-0.3, -0.25) is 0 Å². The van der Waals surface area contributed by atoms with Crippen LogP contribution in [0.5, 0.6) is 0 Å². The Balaban J connectivity index is -0.0000000450. The van der Waals surface area contributed by atoms with Crippen LogP contribution in [-0.4, -0.2) is 0 Å². The Bertz CT molecular complexity index is 84.9. The second kappa shape index (κ2) is 16.3. The number of benzene rings is 1. The molecule has 1 aromatic carbocycles. The van der Waals surface area contributed by atoms with Crippen molar-refractivity contribution >= 4 is 0 Å². The molecule has 0 nitrogen and oxygen atoms in total. The Morgan fingerprint density at radius 3 is 1.20 bits per heavy atom. The van der Waals surface area contributed by atoms with Crippen LogP contribution in [-0.2, 0) is 18.6 Å². The largest absolute Gasteiger partial charge is 4.00 e. The molecule has 0 spiro atoms. The summed E-state index contributed by atoms with van der Waals surface area (Å²) in [6.07, 6.45) is 0. The first-order valence-electron chi connectivity index (χ1n) is 1.91. The summed E-state index contributed by atoms with van der Waals surface area (Å²) in [7, 11) is 0. The maximum absolute atomic E-state index is 2.89. The van der Waals surface area contributed by atoms with Gasteiger partial charge in [-0.05, 0) is 0 Å². The maximum Gasteiger partial charge on any atom is 4.00 e. The van der Waals surface area contributed by atoms with E-state index in [4.69, 9.17) is 0 Å². The second-order valence-electron chi connectivity index (χ2n) is 1.08. The van der Waals surface area contributed by atoms with Crippen LogP contribution < -0.4 is 37.2 Å². The minimum absolute atomic E-state index is 0. The van der Waals surface area contributed by atoms with Gasteiger partial charge in [0.1, 0.15) is 0 Å². The van der Waals surface area contributed by atoms with Crippen molar-refractivity contribution < 1.29 is 55.8 Å². The van der Waals surface area contributed by atoms with E-state index in [1.54, 1.807) is 0 Å². The first kappa shape index (κ1) is 22.4. The molecule has 0 heterocycles. The molecule has 0 bridgehead atoms. The SMILES string of the molecule is [Cl-].[Cl-].[Cl-].[V+4].[c-]1ccccc1. The van der Waals surface area contributed by atoms with Gasteiger partial charge < -0.3 is 37.2 Å². The van der Waals surface area contributed by atoms with E-state index in [9.17, 15) is 0 Å². The van der Waals surface area contributed by atoms with Gasteiger partial charge in [0.2, 0.25) is 0 Å². The van der Waals surface area contributed by atoms with Crippen molar-refractivity contribution in [1.82, 2.24) is 0 Å². The van der Waals surface area contributed by atoms with Crippen LogP contribution in [0.3, 0.4) is 0 Å². The minimum Gasteiger partial charge on any atom is -1.00 e. The average molecular weight is 234 g/mol. The molecular weight excluding hydrogens is 229 g/mol. The summed E-state index contributed by atoms with van der Waals surface area (Å²) in [5, 5.41) is 0. The maximum atomic E-state index is 2.89. The van der Waals surface area contributed by atoms with Crippen LogP contribution in [0.1, 0.15) is 0 Å². The Labute approximate surface area is 91.9 Å². The predicted molar refractivity (Wildman–Crippen MR) is 25.3 cm³/mol. The molecule has 4 heteroatoms. The van der Waals surface area contributed by atoms with Gasteiger partial charge in [0.05, 0.1) is 0 Å². The van der Waals surface area contributed by atoms with Gasteiger partial charge in [0.25, 0.3) is 0 Å². The molecule has 1 radical (unpaired) electrons. The molecule has 0 saturated carbocycles. The zero-order valence-corrected chi connectivity index (χ0v) is 8.63. The molecule has 0 atom stereocenters. The molecule has 0 aromatic heterocycles. The van der Waals surface area contributed by atoms with Crippen LogP contribution in [0.25, 0.3) is 0 Å². The molecule has 0 aliphatic carbocycles. The van der Waals surface area contributed by atoms with Gasteiger partial charge in [-0.25, -0.2) is 0 Å². The first-order chi connectivity index (χ1) is 3.00. The van der Waals surface area contributed by atoms with E-state index in [1.165, 1.54) is 0 Å². The Kier molecular flexibility index (Phi) is 36.6. The third-order valence-corrected chi connectivity index (χ3v) is 0.607. The van der Waals surface area contributed by atoms with E-state index in [-0.39, 0.29) is 55.8 Å². The third kappa shape index (κ3) is 11.5. The average Bonchev–Trinajstić information content (AvgIpc) is 1.72. The van der Waals surface area contributed by atoms with Gasteiger partial charge in [0, 0.05) is 0 Å².